The van der Waals surface area contributed by atoms with E-state index in [9.17, 15) is 21.6 Å². The minimum Gasteiger partial charge on any atom is -0.409 e. The molecule has 0 amide bonds. The molecule has 6 nitrogen and oxygen atoms in total. The Morgan fingerprint density at radius 1 is 1.53 bits per heavy atom. The van der Waals surface area contributed by atoms with Crippen LogP contribution >= 0.6 is 0 Å². The molecule has 2 atom stereocenters. The summed E-state index contributed by atoms with van der Waals surface area (Å²) < 4.78 is 60.1. The highest BCUT2D eigenvalue weighted by Crippen LogP contribution is 2.26. The maximum Gasteiger partial charge on any atom is 0.400 e. The molecule has 1 saturated heterocycles. The summed E-state index contributed by atoms with van der Waals surface area (Å²) in [5.41, 5.74) is 4.98. The van der Waals surface area contributed by atoms with Crippen molar-refractivity contribution in [2.75, 3.05) is 24.6 Å². The lowest BCUT2D eigenvalue weighted by Crippen LogP contribution is -2.43. The third kappa shape index (κ3) is 4.86. The van der Waals surface area contributed by atoms with Crippen LogP contribution in [-0.4, -0.2) is 50.2 Å². The maximum absolute atomic E-state index is 12.6. The standard InChI is InChI=1S/C9H16F3N3O3S/c10-9(11,12)7(8(13)15-16)4-14-3-6-1-2-19(17,18)5-6/h6-7,14,16H,1-5H2,(H2,13,15). The number of oxime groups is 1. The molecule has 0 aromatic rings. The Morgan fingerprint density at radius 2 is 2.16 bits per heavy atom. The number of halogens is 3. The zero-order valence-corrected chi connectivity index (χ0v) is 10.8. The molecule has 0 saturated carbocycles. The zero-order valence-electron chi connectivity index (χ0n) is 10.0. The molecule has 112 valence electrons. The van der Waals surface area contributed by atoms with Gasteiger partial charge in [0.25, 0.3) is 0 Å². The molecule has 4 N–H and O–H groups in total. The number of nitrogens with one attached hydrogen (secondary N) is 1. The van der Waals surface area contributed by atoms with Gasteiger partial charge in [0.2, 0.25) is 0 Å². The van der Waals surface area contributed by atoms with E-state index in [4.69, 9.17) is 10.9 Å². The van der Waals surface area contributed by atoms with Gasteiger partial charge < -0.3 is 16.3 Å². The predicted molar refractivity (Wildman–Crippen MR) is 62.6 cm³/mol. The van der Waals surface area contributed by atoms with Crippen molar-refractivity contribution in [2.45, 2.75) is 12.6 Å². The first-order valence-corrected chi connectivity index (χ1v) is 7.43. The first-order valence-electron chi connectivity index (χ1n) is 5.61. The number of rotatable bonds is 5. The molecule has 0 spiro atoms. The fourth-order valence-corrected chi connectivity index (χ4v) is 3.78. The normalized spacial score (nSPS) is 25.4. The first kappa shape index (κ1) is 16.0. The summed E-state index contributed by atoms with van der Waals surface area (Å²) in [4.78, 5) is 0. The lowest BCUT2D eigenvalue weighted by molar-refractivity contribution is -0.154. The number of nitrogens with two attached hydrogens (primary N) is 1. The largest absolute Gasteiger partial charge is 0.409 e. The summed E-state index contributed by atoms with van der Waals surface area (Å²) >= 11 is 0. The average molecular weight is 303 g/mol. The van der Waals surface area contributed by atoms with E-state index >= 15 is 0 Å². The van der Waals surface area contributed by atoms with Gasteiger partial charge in [-0.3, -0.25) is 0 Å². The summed E-state index contributed by atoms with van der Waals surface area (Å²) in [6.07, 6.45) is -4.18. The van der Waals surface area contributed by atoms with Crippen LogP contribution in [0.25, 0.3) is 0 Å². The first-order chi connectivity index (χ1) is 8.65. The van der Waals surface area contributed by atoms with Crippen molar-refractivity contribution < 1.29 is 26.8 Å². The van der Waals surface area contributed by atoms with E-state index < -0.39 is 34.3 Å². The van der Waals surface area contributed by atoms with Gasteiger partial charge in [-0.25, -0.2) is 8.42 Å². The van der Waals surface area contributed by atoms with Gasteiger partial charge >= 0.3 is 6.18 Å². The van der Waals surface area contributed by atoms with Crippen molar-refractivity contribution in [3.8, 4) is 0 Å². The van der Waals surface area contributed by atoms with E-state index in [1.807, 2.05) is 0 Å². The molecule has 19 heavy (non-hydrogen) atoms. The smallest absolute Gasteiger partial charge is 0.400 e. The van der Waals surface area contributed by atoms with E-state index in [1.54, 1.807) is 0 Å². The van der Waals surface area contributed by atoms with Gasteiger partial charge in [0.1, 0.15) is 5.92 Å². The van der Waals surface area contributed by atoms with Gasteiger partial charge in [-0.15, -0.1) is 0 Å². The SMILES string of the molecule is NC(=NO)C(CNCC1CCS(=O)(=O)C1)C(F)(F)F. The molecule has 0 bridgehead atoms. The molecule has 10 heteroatoms. The second-order valence-electron chi connectivity index (χ2n) is 4.55. The molecule has 1 heterocycles. The molecule has 1 fully saturated rings. The van der Waals surface area contributed by atoms with Gasteiger partial charge in [-0.05, 0) is 18.9 Å². The highest BCUT2D eigenvalue weighted by Gasteiger charge is 2.42. The monoisotopic (exact) mass is 303 g/mol. The Labute approximate surface area is 108 Å². The third-order valence-electron chi connectivity index (χ3n) is 2.98. The van der Waals surface area contributed by atoms with Crippen molar-refractivity contribution in [1.82, 2.24) is 5.32 Å². The van der Waals surface area contributed by atoms with E-state index in [0.717, 1.165) is 0 Å². The minimum atomic E-state index is -4.62. The lowest BCUT2D eigenvalue weighted by Gasteiger charge is -2.20. The predicted octanol–water partition coefficient (Wildman–Crippen LogP) is -0.0644. The van der Waals surface area contributed by atoms with Gasteiger partial charge in [0.05, 0.1) is 11.5 Å². The van der Waals surface area contributed by atoms with Crippen molar-refractivity contribution in [3.05, 3.63) is 0 Å². The van der Waals surface area contributed by atoms with Crippen LogP contribution in [0, 0.1) is 11.8 Å². The van der Waals surface area contributed by atoms with Gasteiger partial charge in [-0.1, -0.05) is 5.16 Å². The summed E-state index contributed by atoms with van der Waals surface area (Å²) in [5, 5.41) is 13.2. The van der Waals surface area contributed by atoms with Crippen LogP contribution in [0.4, 0.5) is 13.2 Å². The zero-order chi connectivity index (χ0) is 14.7. The Balaban J connectivity index is 2.46. The van der Waals surface area contributed by atoms with Crippen molar-refractivity contribution >= 4 is 15.7 Å². The molecule has 0 aromatic carbocycles. The Hall–Kier alpha value is -1.03. The van der Waals surface area contributed by atoms with Gasteiger partial charge in [0.15, 0.2) is 15.7 Å². The van der Waals surface area contributed by atoms with Crippen molar-refractivity contribution in [1.29, 1.82) is 0 Å². The topological polar surface area (TPSA) is 105 Å². The molecular formula is C9H16F3N3O3S. The highest BCUT2D eigenvalue weighted by molar-refractivity contribution is 7.91. The number of hydrogen-bond acceptors (Lipinski definition) is 5. The number of sulfone groups is 1. The highest BCUT2D eigenvalue weighted by atomic mass is 32.2. The van der Waals surface area contributed by atoms with Crippen LogP contribution in [0.2, 0.25) is 0 Å². The van der Waals surface area contributed by atoms with Crippen LogP contribution in [0.3, 0.4) is 0 Å². The molecule has 1 rings (SSSR count). The molecule has 1 aliphatic heterocycles. The molecule has 0 aliphatic carbocycles. The summed E-state index contributed by atoms with van der Waals surface area (Å²) in [6.45, 7) is -0.388. The second-order valence-corrected chi connectivity index (χ2v) is 6.78. The van der Waals surface area contributed by atoms with Gasteiger partial charge in [0, 0.05) is 6.54 Å². The van der Waals surface area contributed by atoms with Crippen molar-refractivity contribution in [2.24, 2.45) is 22.7 Å². The number of nitrogens with zero attached hydrogens (tertiary/aromatic N) is 1. The third-order valence-corrected chi connectivity index (χ3v) is 4.81. The van der Waals surface area contributed by atoms with Crippen molar-refractivity contribution in [3.63, 3.8) is 0 Å². The number of alkyl halides is 3. The molecule has 2 unspecified atom stereocenters. The fraction of sp³-hybridized carbons (Fsp3) is 0.889. The van der Waals surface area contributed by atoms with Gasteiger partial charge in [-0.2, -0.15) is 13.2 Å². The average Bonchev–Trinajstić information content (AvgIpc) is 2.62. The Kier molecular flexibility index (Phi) is 5.02. The summed E-state index contributed by atoms with van der Waals surface area (Å²) in [7, 11) is -3.05. The molecular weight excluding hydrogens is 287 g/mol. The van der Waals surface area contributed by atoms with Crippen LogP contribution in [-0.2, 0) is 9.84 Å². The summed E-state index contributed by atoms with van der Waals surface area (Å²) in [6, 6.07) is 0. The van der Waals surface area contributed by atoms with Crippen LogP contribution in [0.15, 0.2) is 5.16 Å². The summed E-state index contributed by atoms with van der Waals surface area (Å²) in [5.74, 6) is -3.14. The molecule has 0 aromatic heterocycles. The maximum atomic E-state index is 12.6. The van der Waals surface area contributed by atoms with E-state index in [2.05, 4.69) is 10.5 Å². The molecule has 1 aliphatic rings. The minimum absolute atomic E-state index is 0.0136. The van der Waals surface area contributed by atoms with Crippen LogP contribution in [0.5, 0.6) is 0 Å². The van der Waals surface area contributed by atoms with E-state index in [0.29, 0.717) is 6.42 Å². The second kappa shape index (κ2) is 5.95. The van der Waals surface area contributed by atoms with Crippen LogP contribution in [0.1, 0.15) is 6.42 Å². The fourth-order valence-electron chi connectivity index (χ4n) is 1.92. The Bertz CT molecular complexity index is 436. The lowest BCUT2D eigenvalue weighted by atomic mass is 10.1. The number of hydrogen-bond donors (Lipinski definition) is 3. The Morgan fingerprint density at radius 3 is 2.58 bits per heavy atom. The number of amidine groups is 1. The van der Waals surface area contributed by atoms with Crippen LogP contribution < -0.4 is 11.1 Å². The van der Waals surface area contributed by atoms with E-state index in [1.165, 1.54) is 0 Å². The quantitative estimate of drug-likeness (QED) is 0.285. The van der Waals surface area contributed by atoms with E-state index in [-0.39, 0.29) is 24.0 Å². The molecule has 0 radical (unpaired) electrons.